The number of benzene rings is 10. The maximum Gasteiger partial charge on any atom is 0.258 e. The number of aryl methyl sites for hydroxylation is 6. The van der Waals surface area contributed by atoms with Crippen molar-refractivity contribution in [3.63, 3.8) is 0 Å². The van der Waals surface area contributed by atoms with Crippen LogP contribution in [0.4, 0.5) is 85.7 Å². The summed E-state index contributed by atoms with van der Waals surface area (Å²) in [5.41, 5.74) is 32.5. The monoisotopic (exact) mass is 1330 g/mol. The molecule has 0 unspecified atom stereocenters. The van der Waals surface area contributed by atoms with E-state index in [-0.39, 0.29) is 35.1 Å². The molecule has 18 rings (SSSR count). The number of ether oxygens (including phenoxy) is 1. The largest absolute Gasteiger partial charge is 0.440 e. The Hall–Kier alpha value is -10.6. The average molecular weight is 1330 g/mol. The second-order valence-electron chi connectivity index (χ2n) is 32.6. The molecule has 8 nitrogen and oxygen atoms in total. The summed E-state index contributed by atoms with van der Waals surface area (Å²) in [6, 6.07) is 84.5. The predicted molar refractivity (Wildman–Crippen MR) is 430 cm³/mol. The van der Waals surface area contributed by atoms with Crippen molar-refractivity contribution in [1.82, 2.24) is 9.97 Å². The van der Waals surface area contributed by atoms with Gasteiger partial charge in [-0.25, -0.2) is 4.98 Å². The molecule has 0 spiro atoms. The highest BCUT2D eigenvalue weighted by Crippen LogP contribution is 2.55. The first-order valence-corrected chi connectivity index (χ1v) is 36.8. The van der Waals surface area contributed by atoms with Crippen LogP contribution in [0, 0.1) is 41.5 Å². The third-order valence-corrected chi connectivity index (χ3v) is 24.2. The molecule has 6 aliphatic rings. The molecule has 10 aromatic carbocycles. The van der Waals surface area contributed by atoms with Gasteiger partial charge in [0, 0.05) is 57.4 Å². The van der Waals surface area contributed by atoms with Gasteiger partial charge in [0.2, 0.25) is 5.88 Å². The molecule has 0 amide bonds. The summed E-state index contributed by atoms with van der Waals surface area (Å²) < 4.78 is 7.35. The van der Waals surface area contributed by atoms with Crippen LogP contribution in [-0.4, -0.2) is 23.4 Å². The van der Waals surface area contributed by atoms with Crippen molar-refractivity contribution < 1.29 is 4.74 Å². The third kappa shape index (κ3) is 9.63. The lowest BCUT2D eigenvalue weighted by atomic mass is 9.30. The van der Waals surface area contributed by atoms with E-state index in [0.717, 1.165) is 145 Å². The lowest BCUT2D eigenvalue weighted by Gasteiger charge is -2.48. The van der Waals surface area contributed by atoms with Crippen LogP contribution in [0.15, 0.2) is 224 Å². The van der Waals surface area contributed by atoms with E-state index < -0.39 is 0 Å². The molecule has 2 aromatic heterocycles. The van der Waals surface area contributed by atoms with Crippen molar-refractivity contribution >= 4 is 132 Å². The first-order chi connectivity index (χ1) is 49.1. The number of rotatable bonds is 9. The molecule has 102 heavy (non-hydrogen) atoms. The van der Waals surface area contributed by atoms with Crippen molar-refractivity contribution in [3.8, 4) is 11.6 Å². The molecule has 4 aliphatic heterocycles. The minimum absolute atomic E-state index is 0.0154. The molecular weight excluding hydrogens is 1240 g/mol. The molecular formula is C92H87B2N7O. The van der Waals surface area contributed by atoms with Gasteiger partial charge in [0.15, 0.2) is 0 Å². The minimum atomic E-state index is -0.282. The van der Waals surface area contributed by atoms with Crippen LogP contribution < -0.4 is 62.0 Å². The highest BCUT2D eigenvalue weighted by Gasteiger charge is 2.51. The van der Waals surface area contributed by atoms with Crippen LogP contribution in [0.1, 0.15) is 137 Å². The highest BCUT2D eigenvalue weighted by molar-refractivity contribution is 7.02. The molecule has 0 fully saturated rings. The molecule has 10 heteroatoms. The Morgan fingerprint density at radius 3 is 1.29 bits per heavy atom. The fourth-order valence-corrected chi connectivity index (χ4v) is 18.5. The Kier molecular flexibility index (Phi) is 14.3. The van der Waals surface area contributed by atoms with Crippen LogP contribution in [0.3, 0.4) is 0 Å². The summed E-state index contributed by atoms with van der Waals surface area (Å²) >= 11 is 0. The summed E-state index contributed by atoms with van der Waals surface area (Å²) in [4.78, 5) is 24.8. The molecule has 12 aromatic rings. The number of nitrogens with zero attached hydrogens (tertiary/aromatic N) is 7. The molecule has 0 atom stereocenters. The first-order valence-electron chi connectivity index (χ1n) is 36.8. The zero-order valence-electron chi connectivity index (χ0n) is 61.4. The van der Waals surface area contributed by atoms with Gasteiger partial charge >= 0.3 is 0 Å². The summed E-state index contributed by atoms with van der Waals surface area (Å²) in [7, 11) is 0. The van der Waals surface area contributed by atoms with Crippen molar-refractivity contribution in [3.05, 3.63) is 280 Å². The Morgan fingerprint density at radius 2 is 0.755 bits per heavy atom. The molecule has 2 aliphatic carbocycles. The molecule has 0 radical (unpaired) electrons. The number of hydrogen-bond acceptors (Lipinski definition) is 8. The van der Waals surface area contributed by atoms with Crippen molar-refractivity contribution in [1.29, 1.82) is 0 Å². The van der Waals surface area contributed by atoms with E-state index >= 15 is 0 Å². The van der Waals surface area contributed by atoms with Crippen molar-refractivity contribution in [2.24, 2.45) is 0 Å². The minimum Gasteiger partial charge on any atom is -0.440 e. The topological polar surface area (TPSA) is 51.2 Å². The highest BCUT2D eigenvalue weighted by atomic mass is 16.5. The molecule has 0 saturated heterocycles. The van der Waals surface area contributed by atoms with Gasteiger partial charge in [0.25, 0.3) is 13.4 Å². The van der Waals surface area contributed by atoms with Crippen molar-refractivity contribution in [2.45, 2.75) is 144 Å². The summed E-state index contributed by atoms with van der Waals surface area (Å²) in [6.45, 7) is 32.6. The van der Waals surface area contributed by atoms with E-state index in [2.05, 4.69) is 346 Å². The van der Waals surface area contributed by atoms with Crippen LogP contribution >= 0.6 is 0 Å². The quantitative estimate of drug-likeness (QED) is 0.133. The van der Waals surface area contributed by atoms with Gasteiger partial charge in [0.1, 0.15) is 23.2 Å². The second kappa shape index (κ2) is 23.0. The molecule has 6 heterocycles. The standard InChI is InChI=1S/C92H87B2N7O/c1-56-29-21-24-40-73(56)100(85-58(3)31-27-32-59(85)4)81-54-78-83-87(95-81)99(64-43-44-65-66(49-64)90(9,10)46-45-89(65,7)8)75-51-68-67(91(11,12)47-48-92(68,13)14)50-70(75)94(83)72-52-71-76(53-77(72)97(78)62-35-17-15-18-36-62)98(63-37-19-16-20-38-63)79-55-82(96-88-84(79)93(71)69-39-23-26-42-80(69)102-88)101(74-41-25-22-30-57(74)2)86-60(5)33-28-34-61(86)6/h15-44,49-55H,45-48H2,1-14H3. The number of fused-ring (bicyclic) bond motifs is 10. The van der Waals surface area contributed by atoms with Crippen LogP contribution in [0.2, 0.25) is 0 Å². The van der Waals surface area contributed by atoms with Crippen LogP contribution in [0.25, 0.3) is 0 Å². The smallest absolute Gasteiger partial charge is 0.258 e. The van der Waals surface area contributed by atoms with Gasteiger partial charge in [-0.1, -0.05) is 201 Å². The van der Waals surface area contributed by atoms with E-state index in [1.165, 1.54) is 60.9 Å². The second-order valence-corrected chi connectivity index (χ2v) is 32.6. The lowest BCUT2D eigenvalue weighted by molar-refractivity contribution is 0.332. The number of hydrogen-bond donors (Lipinski definition) is 0. The van der Waals surface area contributed by atoms with E-state index in [0.29, 0.717) is 5.88 Å². The summed E-state index contributed by atoms with van der Waals surface area (Å²) in [5.74, 6) is 3.96. The fourth-order valence-electron chi connectivity index (χ4n) is 18.5. The third-order valence-electron chi connectivity index (χ3n) is 24.2. The summed E-state index contributed by atoms with van der Waals surface area (Å²) in [6.07, 6.45) is 4.41. The Balaban J connectivity index is 0.991. The number of aromatic nitrogens is 2. The molecule has 0 N–H and O–H groups in total. The zero-order chi connectivity index (χ0) is 70.2. The van der Waals surface area contributed by atoms with Gasteiger partial charge in [-0.05, 0) is 239 Å². The average Bonchev–Trinajstić information content (AvgIpc) is 0.680. The van der Waals surface area contributed by atoms with E-state index in [1.54, 1.807) is 0 Å². The van der Waals surface area contributed by atoms with Gasteiger partial charge in [-0.15, -0.1) is 0 Å². The first kappa shape index (κ1) is 63.6. The van der Waals surface area contributed by atoms with Gasteiger partial charge in [-0.3, -0.25) is 14.7 Å². The number of anilines is 15. The lowest BCUT2D eigenvalue weighted by Crippen LogP contribution is -2.65. The normalized spacial score (nSPS) is 16.3. The van der Waals surface area contributed by atoms with E-state index in [9.17, 15) is 0 Å². The van der Waals surface area contributed by atoms with Gasteiger partial charge < -0.3 is 14.5 Å². The number of para-hydroxylation sites is 7. The Labute approximate surface area is 603 Å². The zero-order valence-corrected chi connectivity index (χ0v) is 61.4. The fraction of sp³-hybridized carbons (Fsp3) is 0.239. The number of pyridine rings is 2. The maximum atomic E-state index is 7.35. The van der Waals surface area contributed by atoms with Gasteiger partial charge in [0.05, 0.1) is 28.4 Å². The SMILES string of the molecule is Cc1ccccc1N(c1cc2c3c(n1)Oc1ccccc1B3c1cc3c(cc1N2c1ccccc1)N(c1ccccc1)c1cc(N(c2ccccc2C)c2c(C)cccc2C)nc2c1B3c1cc3c(cc1N2c1ccc2c(c1)C(C)(C)CCC2(C)C)C(C)(C)CCC3(C)C)c1c(C)cccc1C. The Morgan fingerprint density at radius 1 is 0.333 bits per heavy atom. The van der Waals surface area contributed by atoms with Crippen LogP contribution in [0.5, 0.6) is 11.6 Å². The van der Waals surface area contributed by atoms with E-state index in [4.69, 9.17) is 14.7 Å². The molecule has 0 saturated carbocycles. The van der Waals surface area contributed by atoms with Crippen molar-refractivity contribution in [2.75, 3.05) is 24.5 Å². The molecule has 0 bridgehead atoms. The Bertz CT molecular complexity index is 5440. The van der Waals surface area contributed by atoms with Gasteiger partial charge in [-0.2, -0.15) is 4.98 Å². The molecule has 502 valence electrons. The van der Waals surface area contributed by atoms with Crippen LogP contribution in [-0.2, 0) is 21.7 Å². The van der Waals surface area contributed by atoms with E-state index in [1.807, 2.05) is 0 Å². The summed E-state index contributed by atoms with van der Waals surface area (Å²) in [5, 5.41) is 0. The maximum absolute atomic E-state index is 7.35. The predicted octanol–water partition coefficient (Wildman–Crippen LogP) is 20.5.